The van der Waals surface area contributed by atoms with E-state index in [1.54, 1.807) is 6.92 Å². The maximum absolute atomic E-state index is 15.1. The quantitative estimate of drug-likeness (QED) is 0.206. The fourth-order valence-electron chi connectivity index (χ4n) is 4.24. The number of amidine groups is 1. The van der Waals surface area contributed by atoms with Gasteiger partial charge >= 0.3 is 6.09 Å². The molecule has 194 valence electrons. The summed E-state index contributed by atoms with van der Waals surface area (Å²) >= 11 is 1.12. The predicted molar refractivity (Wildman–Crippen MR) is 141 cm³/mol. The maximum atomic E-state index is 15.1. The third kappa shape index (κ3) is 6.00. The van der Waals surface area contributed by atoms with Gasteiger partial charge in [-0.3, -0.25) is 9.79 Å². The molecule has 2 aliphatic rings. The third-order valence-electron chi connectivity index (χ3n) is 6.28. The summed E-state index contributed by atoms with van der Waals surface area (Å²) in [7, 11) is -1.36. The van der Waals surface area contributed by atoms with Crippen LogP contribution < -0.4 is 11.1 Å². The van der Waals surface area contributed by atoms with Crippen LogP contribution in [0, 0.1) is 11.7 Å². The molecule has 35 heavy (non-hydrogen) atoms. The molecule has 1 fully saturated rings. The van der Waals surface area contributed by atoms with E-state index in [9.17, 15) is 14.7 Å². The molecule has 0 radical (unpaired) electrons. The Kier molecular flexibility index (Phi) is 7.38. The van der Waals surface area contributed by atoms with E-state index in [-0.39, 0.29) is 29.3 Å². The fraction of sp³-hybridized carbons (Fsp3) is 0.625. The van der Waals surface area contributed by atoms with E-state index in [2.05, 4.69) is 25.0 Å². The first-order chi connectivity index (χ1) is 16.0. The number of hydrogen-bond donors (Lipinski definition) is 3. The Labute approximate surface area is 211 Å². The normalized spacial score (nSPS) is 25.9. The van der Waals surface area contributed by atoms with Crippen LogP contribution in [-0.4, -0.2) is 58.9 Å². The average molecular weight is 525 g/mol. The van der Waals surface area contributed by atoms with Crippen LogP contribution in [0.25, 0.3) is 0 Å². The fourth-order valence-corrected chi connectivity index (χ4v) is 6.56. The number of rotatable bonds is 7. The SMILES string of the molecule is CC(C)(C)NC(=O)[C@]12C[C@H]1[C@@](C)(c1cc(N)ccc1F)N=C(N(COCC[Si](C)(C)C)C(=O)O)S2. The molecular formula is C24H37FN4O4SSi. The van der Waals surface area contributed by atoms with Crippen LogP contribution in [-0.2, 0) is 15.1 Å². The second-order valence-electron chi connectivity index (χ2n) is 11.8. The molecule has 0 saturated heterocycles. The van der Waals surface area contributed by atoms with Crippen LogP contribution in [0.1, 0.15) is 39.7 Å². The van der Waals surface area contributed by atoms with E-state index in [4.69, 9.17) is 15.5 Å². The van der Waals surface area contributed by atoms with Gasteiger partial charge in [0.2, 0.25) is 5.91 Å². The first-order valence-electron chi connectivity index (χ1n) is 11.7. The Balaban J connectivity index is 2.01. The number of anilines is 1. The monoisotopic (exact) mass is 524 g/mol. The zero-order valence-corrected chi connectivity index (χ0v) is 23.4. The van der Waals surface area contributed by atoms with Gasteiger partial charge in [-0.25, -0.2) is 14.1 Å². The van der Waals surface area contributed by atoms with E-state index in [0.29, 0.717) is 18.7 Å². The number of aliphatic imine (C=N–C) groups is 1. The van der Waals surface area contributed by atoms with E-state index < -0.39 is 35.8 Å². The Morgan fingerprint density at radius 3 is 2.60 bits per heavy atom. The molecular weight excluding hydrogens is 487 g/mol. The van der Waals surface area contributed by atoms with E-state index in [1.165, 1.54) is 18.2 Å². The van der Waals surface area contributed by atoms with Crippen molar-refractivity contribution >= 4 is 42.7 Å². The van der Waals surface area contributed by atoms with Crippen LogP contribution in [0.15, 0.2) is 23.2 Å². The van der Waals surface area contributed by atoms with Crippen molar-refractivity contribution in [2.24, 2.45) is 10.9 Å². The number of nitrogen functional groups attached to an aromatic ring is 1. The topological polar surface area (TPSA) is 117 Å². The number of nitrogens with one attached hydrogen (secondary N) is 1. The Morgan fingerprint density at radius 2 is 2.03 bits per heavy atom. The van der Waals surface area contributed by atoms with Crippen molar-refractivity contribution in [3.05, 3.63) is 29.6 Å². The van der Waals surface area contributed by atoms with E-state index in [0.717, 1.165) is 22.7 Å². The van der Waals surface area contributed by atoms with Crippen molar-refractivity contribution in [2.45, 2.75) is 75.6 Å². The molecule has 11 heteroatoms. The number of carbonyl (C=O) groups excluding carboxylic acids is 1. The smallest absolute Gasteiger partial charge is 0.415 e. The Bertz CT molecular complexity index is 1040. The van der Waals surface area contributed by atoms with Gasteiger partial charge in [-0.2, -0.15) is 0 Å². The van der Waals surface area contributed by atoms with Crippen molar-refractivity contribution in [2.75, 3.05) is 19.1 Å². The highest BCUT2D eigenvalue weighted by atomic mass is 32.2. The Morgan fingerprint density at radius 1 is 1.37 bits per heavy atom. The molecule has 0 spiro atoms. The number of ether oxygens (including phenoxy) is 1. The molecule has 3 atom stereocenters. The molecule has 2 amide bonds. The number of nitrogens with zero attached hydrogens (tertiary/aromatic N) is 2. The van der Waals surface area contributed by atoms with Crippen molar-refractivity contribution < 1.29 is 23.8 Å². The summed E-state index contributed by atoms with van der Waals surface area (Å²) < 4.78 is 19.8. The molecule has 0 unspecified atom stereocenters. The van der Waals surface area contributed by atoms with Crippen LogP contribution in [0.2, 0.25) is 25.7 Å². The van der Waals surface area contributed by atoms with Gasteiger partial charge in [-0.05, 0) is 58.4 Å². The molecule has 1 heterocycles. The van der Waals surface area contributed by atoms with Crippen molar-refractivity contribution in [3.8, 4) is 0 Å². The molecule has 4 N–H and O–H groups in total. The molecule has 8 nitrogen and oxygen atoms in total. The first-order valence-corrected chi connectivity index (χ1v) is 16.3. The van der Waals surface area contributed by atoms with Gasteiger partial charge in [-0.15, -0.1) is 0 Å². The number of hydrogen-bond acceptors (Lipinski definition) is 6. The lowest BCUT2D eigenvalue weighted by atomic mass is 9.85. The second-order valence-corrected chi connectivity index (χ2v) is 18.7. The number of halogens is 1. The second kappa shape index (κ2) is 9.40. The largest absolute Gasteiger partial charge is 0.465 e. The van der Waals surface area contributed by atoms with Crippen LogP contribution in [0.4, 0.5) is 14.9 Å². The molecule has 1 aromatic rings. The molecule has 3 rings (SSSR count). The lowest BCUT2D eigenvalue weighted by Crippen LogP contribution is -2.51. The minimum absolute atomic E-state index is 0.118. The number of thioether (sulfide) groups is 1. The van der Waals surface area contributed by atoms with Crippen LogP contribution >= 0.6 is 11.8 Å². The summed E-state index contributed by atoms with van der Waals surface area (Å²) in [5.74, 6) is -1.04. The van der Waals surface area contributed by atoms with E-state index >= 15 is 4.39 Å². The summed E-state index contributed by atoms with van der Waals surface area (Å²) in [6, 6.07) is 5.15. The van der Waals surface area contributed by atoms with Gasteiger partial charge in [0, 0.05) is 37.4 Å². The molecule has 0 bridgehead atoms. The van der Waals surface area contributed by atoms with Gasteiger partial charge in [0.05, 0.1) is 5.54 Å². The van der Waals surface area contributed by atoms with Gasteiger partial charge in [0.15, 0.2) is 5.17 Å². The molecule has 0 aromatic heterocycles. The molecule has 1 aromatic carbocycles. The van der Waals surface area contributed by atoms with Crippen LogP contribution in [0.5, 0.6) is 0 Å². The predicted octanol–water partition coefficient (Wildman–Crippen LogP) is 4.69. The highest BCUT2D eigenvalue weighted by Gasteiger charge is 2.71. The third-order valence-corrected chi connectivity index (χ3v) is 9.48. The number of carboxylic acid groups (broad SMARTS) is 1. The molecule has 1 aliphatic carbocycles. The van der Waals surface area contributed by atoms with Crippen molar-refractivity contribution in [3.63, 3.8) is 0 Å². The van der Waals surface area contributed by atoms with E-state index in [1.807, 2.05) is 20.8 Å². The minimum atomic E-state index is -1.36. The van der Waals surface area contributed by atoms with Crippen molar-refractivity contribution in [1.29, 1.82) is 0 Å². The lowest BCUT2D eigenvalue weighted by Gasteiger charge is -2.37. The number of carbonyl (C=O) groups is 2. The summed E-state index contributed by atoms with van der Waals surface area (Å²) in [4.78, 5) is 31.5. The summed E-state index contributed by atoms with van der Waals surface area (Å²) in [5.41, 5.74) is 4.91. The highest BCUT2D eigenvalue weighted by molar-refractivity contribution is 8.16. The van der Waals surface area contributed by atoms with Gasteiger partial charge in [0.1, 0.15) is 17.3 Å². The zero-order chi connectivity index (χ0) is 26.4. The lowest BCUT2D eigenvalue weighted by molar-refractivity contribution is -0.123. The van der Waals surface area contributed by atoms with Gasteiger partial charge in [0.25, 0.3) is 0 Å². The average Bonchev–Trinajstić information content (AvgIpc) is 3.44. The minimum Gasteiger partial charge on any atom is -0.465 e. The van der Waals surface area contributed by atoms with Gasteiger partial charge < -0.3 is 20.9 Å². The highest BCUT2D eigenvalue weighted by Crippen LogP contribution is 2.66. The number of amides is 2. The standard InChI is InChI=1S/C24H37FN4O4SSi/c1-22(2,3)27-19(30)24-13-18(24)23(4,16-12-15(26)8-9-17(16)25)28-20(34-24)29(21(31)32)14-33-10-11-35(5,6)7/h8-9,12,18H,10-11,13-14,26H2,1-7H3,(H,27,30)(H,31,32)/t18-,23+,24-/m0/s1. The van der Waals surface area contributed by atoms with Crippen molar-refractivity contribution in [1.82, 2.24) is 10.2 Å². The maximum Gasteiger partial charge on any atom is 0.415 e. The summed E-state index contributed by atoms with van der Waals surface area (Å²) in [6.07, 6.45) is -0.813. The Hall–Kier alpha value is -2.11. The first kappa shape index (κ1) is 27.5. The number of benzene rings is 1. The molecule has 1 saturated carbocycles. The summed E-state index contributed by atoms with van der Waals surface area (Å²) in [6.45, 7) is 14.2. The van der Waals surface area contributed by atoms with Crippen LogP contribution in [0.3, 0.4) is 0 Å². The number of nitrogens with two attached hydrogens (primary N) is 1. The van der Waals surface area contributed by atoms with Gasteiger partial charge in [-0.1, -0.05) is 31.4 Å². The summed E-state index contributed by atoms with van der Waals surface area (Å²) in [5, 5.41) is 13.1. The molecule has 1 aliphatic heterocycles. The zero-order valence-electron chi connectivity index (χ0n) is 21.6. The number of fused-ring (bicyclic) bond motifs is 1.